The minimum Gasteiger partial charge on any atom is -0.475 e. The number of nitrogens with one attached hydrogen (secondary N) is 1. The normalized spacial score (nSPS) is 13.5. The number of carbonyl (C=O) groups is 3. The van der Waals surface area contributed by atoms with E-state index in [0.717, 1.165) is 24.0 Å². The van der Waals surface area contributed by atoms with E-state index < -0.39 is 18.1 Å². The first-order valence-electron chi connectivity index (χ1n) is 10.4. The summed E-state index contributed by atoms with van der Waals surface area (Å²) in [5.41, 5.74) is 12.2. The van der Waals surface area contributed by atoms with Crippen LogP contribution in [0.3, 0.4) is 0 Å². The molecular weight excluding hydrogens is 469 g/mol. The van der Waals surface area contributed by atoms with Gasteiger partial charge in [0, 0.05) is 48.2 Å². The average Bonchev–Trinajstić information content (AvgIpc) is 3.11. The monoisotopic (exact) mass is 492 g/mol. The third-order valence-electron chi connectivity index (χ3n) is 5.52. The predicted octanol–water partition coefficient (Wildman–Crippen LogP) is 2.29. The Kier molecular flexibility index (Phi) is 7.77. The van der Waals surface area contributed by atoms with E-state index in [0.29, 0.717) is 18.7 Å². The Morgan fingerprint density at radius 2 is 1.69 bits per heavy atom. The lowest BCUT2D eigenvalue weighted by atomic mass is 10.0. The number of carboxylic acid groups (broad SMARTS) is 1. The van der Waals surface area contributed by atoms with Crippen LogP contribution in [0.25, 0.3) is 10.9 Å². The molecule has 186 valence electrons. The van der Waals surface area contributed by atoms with E-state index in [1.54, 1.807) is 17.6 Å². The number of aromatic nitrogens is 1. The highest BCUT2D eigenvalue weighted by atomic mass is 19.4. The van der Waals surface area contributed by atoms with Crippen LogP contribution >= 0.6 is 0 Å². The molecule has 0 spiro atoms. The number of alkyl halides is 3. The summed E-state index contributed by atoms with van der Waals surface area (Å²) in [6.07, 6.45) is -4.23. The maximum atomic E-state index is 11.5. The van der Waals surface area contributed by atoms with Crippen LogP contribution in [-0.2, 0) is 29.1 Å². The number of nitrogens with two attached hydrogens (primary N) is 1. The summed E-state index contributed by atoms with van der Waals surface area (Å²) in [5, 5.41) is 17.1. The molecule has 0 saturated heterocycles. The third kappa shape index (κ3) is 6.16. The van der Waals surface area contributed by atoms with Crippen LogP contribution in [0, 0.1) is 0 Å². The number of carbonyl (C=O) groups excluding carboxylic acids is 2. The van der Waals surface area contributed by atoms with Crippen LogP contribution in [0.2, 0.25) is 0 Å². The number of halogens is 3. The molecule has 0 radical (unpaired) electrons. The lowest BCUT2D eigenvalue weighted by molar-refractivity contribution is -0.192. The maximum absolute atomic E-state index is 11.5. The van der Waals surface area contributed by atoms with Crippen molar-refractivity contribution in [3.05, 3.63) is 70.9 Å². The number of fused-ring (bicyclic) bond motifs is 3. The minimum absolute atomic E-state index is 0.271. The molecule has 2 heterocycles. The van der Waals surface area contributed by atoms with Crippen molar-refractivity contribution in [1.29, 1.82) is 0 Å². The number of hydroxylamine groups is 1. The Morgan fingerprint density at radius 1 is 1.06 bits per heavy atom. The van der Waals surface area contributed by atoms with Gasteiger partial charge in [-0.25, -0.2) is 10.3 Å². The summed E-state index contributed by atoms with van der Waals surface area (Å²) < 4.78 is 34.0. The van der Waals surface area contributed by atoms with Gasteiger partial charge in [0.1, 0.15) is 0 Å². The topological polar surface area (TPSA) is 138 Å². The van der Waals surface area contributed by atoms with E-state index in [2.05, 4.69) is 21.6 Å². The number of carboxylic acids is 1. The molecule has 2 aromatic carbocycles. The van der Waals surface area contributed by atoms with Gasteiger partial charge in [0.25, 0.3) is 5.91 Å². The van der Waals surface area contributed by atoms with Gasteiger partial charge in [0.2, 0.25) is 5.91 Å². The van der Waals surface area contributed by atoms with Crippen LogP contribution in [-0.4, -0.2) is 56.8 Å². The molecule has 0 fully saturated rings. The zero-order chi connectivity index (χ0) is 25.8. The van der Waals surface area contributed by atoms with Crippen LogP contribution in [0.5, 0.6) is 0 Å². The molecule has 1 aliphatic heterocycles. The number of para-hydroxylation sites is 1. The molecular formula is C23H23F3N4O5. The Labute approximate surface area is 197 Å². The highest BCUT2D eigenvalue weighted by Gasteiger charge is 2.38. The fourth-order valence-corrected chi connectivity index (χ4v) is 4.00. The van der Waals surface area contributed by atoms with Crippen molar-refractivity contribution >= 4 is 28.7 Å². The molecule has 0 atom stereocenters. The first-order chi connectivity index (χ1) is 16.5. The van der Waals surface area contributed by atoms with Gasteiger partial charge in [-0.05, 0) is 29.3 Å². The number of hydrogen-bond acceptors (Lipinski definition) is 5. The highest BCUT2D eigenvalue weighted by Crippen LogP contribution is 2.31. The van der Waals surface area contributed by atoms with Crippen LogP contribution in [0.4, 0.5) is 13.2 Å². The summed E-state index contributed by atoms with van der Waals surface area (Å²) in [7, 11) is 0. The molecule has 35 heavy (non-hydrogen) atoms. The van der Waals surface area contributed by atoms with E-state index in [1.807, 2.05) is 24.3 Å². The van der Waals surface area contributed by atoms with Crippen molar-refractivity contribution < 1.29 is 37.9 Å². The van der Waals surface area contributed by atoms with Crippen LogP contribution in [0.15, 0.2) is 48.5 Å². The zero-order valence-electron chi connectivity index (χ0n) is 18.4. The van der Waals surface area contributed by atoms with Gasteiger partial charge in [0.15, 0.2) is 0 Å². The van der Waals surface area contributed by atoms with E-state index in [-0.39, 0.29) is 12.5 Å². The first kappa shape index (κ1) is 25.7. The molecule has 2 amide bonds. The van der Waals surface area contributed by atoms with Gasteiger partial charge in [-0.2, -0.15) is 13.2 Å². The number of primary amides is 1. The van der Waals surface area contributed by atoms with Gasteiger partial charge in [-0.15, -0.1) is 0 Å². The zero-order valence-corrected chi connectivity index (χ0v) is 18.4. The number of benzene rings is 2. The maximum Gasteiger partial charge on any atom is 0.490 e. The third-order valence-corrected chi connectivity index (χ3v) is 5.52. The standard InChI is InChI=1S/C21H22N4O3.C2HF3O2/c22-20(26)13-24-10-9-19-17(12-24)16-3-1-2-4-18(16)25(19)11-14-5-7-15(8-6-14)21(27)23-28;3-2(4,5)1(6)7/h1-8,28H,9-13H2,(H2,22,26)(H,23,27);(H,6,7). The molecule has 0 unspecified atom stereocenters. The fraction of sp³-hybridized carbons (Fsp3) is 0.261. The second-order valence-electron chi connectivity index (χ2n) is 7.90. The second-order valence-corrected chi connectivity index (χ2v) is 7.90. The molecule has 0 bridgehead atoms. The van der Waals surface area contributed by atoms with Crippen molar-refractivity contribution in [2.24, 2.45) is 5.73 Å². The van der Waals surface area contributed by atoms with Gasteiger partial charge < -0.3 is 15.4 Å². The molecule has 0 saturated carbocycles. The number of hydrogen-bond donors (Lipinski definition) is 4. The molecule has 5 N–H and O–H groups in total. The minimum atomic E-state index is -5.08. The molecule has 0 aliphatic carbocycles. The average molecular weight is 492 g/mol. The van der Waals surface area contributed by atoms with E-state index in [1.165, 1.54) is 16.6 Å². The number of nitrogens with zero attached hydrogens (tertiary/aromatic N) is 2. The molecule has 12 heteroatoms. The SMILES string of the molecule is NC(=O)CN1CCc2c(c3ccccc3n2Cc2ccc(C(=O)NO)cc2)C1.O=C(O)C(F)(F)F. The Hall–Kier alpha value is -3.90. The largest absolute Gasteiger partial charge is 0.490 e. The first-order valence-corrected chi connectivity index (χ1v) is 10.4. The molecule has 3 aromatic rings. The van der Waals surface area contributed by atoms with E-state index in [9.17, 15) is 22.8 Å². The summed E-state index contributed by atoms with van der Waals surface area (Å²) in [4.78, 5) is 33.8. The predicted molar refractivity (Wildman–Crippen MR) is 119 cm³/mol. The summed E-state index contributed by atoms with van der Waals surface area (Å²) in [6.45, 7) is 2.46. The van der Waals surface area contributed by atoms with Crippen LogP contribution in [0.1, 0.15) is 27.2 Å². The molecule has 9 nitrogen and oxygen atoms in total. The second kappa shape index (κ2) is 10.6. The highest BCUT2D eigenvalue weighted by molar-refractivity contribution is 5.93. The number of aliphatic carboxylic acids is 1. The van der Waals surface area contributed by atoms with Gasteiger partial charge in [0.05, 0.1) is 6.54 Å². The number of amides is 2. The molecule has 1 aliphatic rings. The van der Waals surface area contributed by atoms with Crippen molar-refractivity contribution in [1.82, 2.24) is 14.9 Å². The van der Waals surface area contributed by atoms with Gasteiger partial charge >= 0.3 is 12.1 Å². The van der Waals surface area contributed by atoms with Gasteiger partial charge in [-0.1, -0.05) is 30.3 Å². The van der Waals surface area contributed by atoms with Crippen molar-refractivity contribution in [3.8, 4) is 0 Å². The van der Waals surface area contributed by atoms with E-state index in [4.69, 9.17) is 20.8 Å². The lowest BCUT2D eigenvalue weighted by Gasteiger charge is -2.27. The van der Waals surface area contributed by atoms with Crippen molar-refractivity contribution in [2.45, 2.75) is 25.7 Å². The smallest absolute Gasteiger partial charge is 0.475 e. The van der Waals surface area contributed by atoms with Crippen molar-refractivity contribution in [3.63, 3.8) is 0 Å². The van der Waals surface area contributed by atoms with Crippen LogP contribution < -0.4 is 11.2 Å². The van der Waals surface area contributed by atoms with E-state index >= 15 is 0 Å². The quantitative estimate of drug-likeness (QED) is 0.319. The number of rotatable bonds is 5. The summed E-state index contributed by atoms with van der Waals surface area (Å²) in [6, 6.07) is 15.5. The Bertz CT molecular complexity index is 1240. The molecule has 1 aromatic heterocycles. The Morgan fingerprint density at radius 3 is 2.26 bits per heavy atom. The summed E-state index contributed by atoms with van der Waals surface area (Å²) in [5.74, 6) is -3.59. The van der Waals surface area contributed by atoms with Gasteiger partial charge in [-0.3, -0.25) is 19.7 Å². The molecule has 4 rings (SSSR count). The fourth-order valence-electron chi connectivity index (χ4n) is 4.00. The Balaban J connectivity index is 0.000000429. The van der Waals surface area contributed by atoms with Crippen molar-refractivity contribution in [2.75, 3.05) is 13.1 Å². The summed E-state index contributed by atoms with van der Waals surface area (Å²) >= 11 is 0. The lowest BCUT2D eigenvalue weighted by Crippen LogP contribution is -2.37.